The van der Waals surface area contributed by atoms with Crippen LogP contribution in [0.5, 0.6) is 5.75 Å². The minimum atomic E-state index is -0.578. The second-order valence-corrected chi connectivity index (χ2v) is 5.11. The number of rotatable bonds is 7. The lowest BCUT2D eigenvalue weighted by molar-refractivity contribution is -0.384. The highest BCUT2D eigenvalue weighted by atomic mass is 35.5. The summed E-state index contributed by atoms with van der Waals surface area (Å²) in [6.07, 6.45) is 4.29. The minimum absolute atomic E-state index is 0. The molecule has 0 bridgehead atoms. The number of hydrogen-bond donors (Lipinski definition) is 2. The molecule has 0 heterocycles. The summed E-state index contributed by atoms with van der Waals surface area (Å²) in [5.41, 5.74) is 0.0285. The first-order valence-electron chi connectivity index (χ1n) is 6.94. The second kappa shape index (κ2) is 8.81. The quantitative estimate of drug-likeness (QED) is 0.595. The predicted octanol–water partition coefficient (Wildman–Crippen LogP) is 2.29. The van der Waals surface area contributed by atoms with E-state index >= 15 is 0 Å². The highest BCUT2D eigenvalue weighted by molar-refractivity contribution is 5.85. The summed E-state index contributed by atoms with van der Waals surface area (Å²) in [7, 11) is 0. The molecule has 1 saturated carbocycles. The Morgan fingerprint density at radius 1 is 1.33 bits per heavy atom. The molecule has 0 saturated heterocycles. The molecule has 2 N–H and O–H groups in total. The molecule has 1 atom stereocenters. The highest BCUT2D eigenvalue weighted by Crippen LogP contribution is 2.18. The molecule has 1 fully saturated rings. The Bertz CT molecular complexity index is 435. The third-order valence-corrected chi connectivity index (χ3v) is 3.49. The van der Waals surface area contributed by atoms with Crippen LogP contribution in [0.25, 0.3) is 0 Å². The Kier molecular flexibility index (Phi) is 7.42. The van der Waals surface area contributed by atoms with Crippen molar-refractivity contribution < 1.29 is 14.8 Å². The van der Waals surface area contributed by atoms with Gasteiger partial charge in [-0.3, -0.25) is 10.1 Å². The van der Waals surface area contributed by atoms with Crippen LogP contribution in [0.15, 0.2) is 24.3 Å². The molecule has 1 aliphatic carbocycles. The van der Waals surface area contributed by atoms with Gasteiger partial charge >= 0.3 is 0 Å². The van der Waals surface area contributed by atoms with Crippen LogP contribution in [-0.4, -0.2) is 35.3 Å². The third kappa shape index (κ3) is 5.87. The third-order valence-electron chi connectivity index (χ3n) is 3.49. The number of nitrogens with zero attached hydrogens (tertiary/aromatic N) is 1. The van der Waals surface area contributed by atoms with Gasteiger partial charge in [0.15, 0.2) is 0 Å². The number of ether oxygens (including phenoxy) is 1. The van der Waals surface area contributed by atoms with Gasteiger partial charge in [-0.05, 0) is 25.0 Å². The van der Waals surface area contributed by atoms with Crippen molar-refractivity contribution in [1.29, 1.82) is 0 Å². The SMILES string of the molecule is Cl.O=[N+]([O-])c1ccc(OCC(O)CNC2CCCC2)cc1. The zero-order valence-corrected chi connectivity index (χ0v) is 12.6. The van der Waals surface area contributed by atoms with Crippen LogP contribution in [0.4, 0.5) is 5.69 Å². The number of nitrogens with one attached hydrogen (secondary N) is 1. The Hall–Kier alpha value is -1.37. The van der Waals surface area contributed by atoms with Crippen molar-refractivity contribution in [3.05, 3.63) is 34.4 Å². The number of benzene rings is 1. The van der Waals surface area contributed by atoms with Crippen molar-refractivity contribution >= 4 is 18.1 Å². The van der Waals surface area contributed by atoms with Crippen molar-refractivity contribution in [2.24, 2.45) is 0 Å². The number of halogens is 1. The summed E-state index contributed by atoms with van der Waals surface area (Å²) in [5.74, 6) is 0.524. The van der Waals surface area contributed by atoms with Crippen LogP contribution >= 0.6 is 12.4 Å². The van der Waals surface area contributed by atoms with Crippen molar-refractivity contribution in [3.8, 4) is 5.75 Å². The molecule has 0 radical (unpaired) electrons. The lowest BCUT2D eigenvalue weighted by atomic mass is 10.2. The number of aliphatic hydroxyl groups excluding tert-OH is 1. The first-order valence-corrected chi connectivity index (χ1v) is 6.94. The van der Waals surface area contributed by atoms with Gasteiger partial charge in [-0.15, -0.1) is 12.4 Å². The topological polar surface area (TPSA) is 84.6 Å². The van der Waals surface area contributed by atoms with Gasteiger partial charge in [0.2, 0.25) is 0 Å². The van der Waals surface area contributed by atoms with E-state index in [1.54, 1.807) is 0 Å². The van der Waals surface area contributed by atoms with E-state index in [1.165, 1.54) is 49.9 Å². The standard InChI is InChI=1S/C14H20N2O4.ClH/c17-13(9-15-11-3-1-2-4-11)10-20-14-7-5-12(6-8-14)16(18)19;/h5-8,11,13,15,17H,1-4,9-10H2;1H. The molecule has 1 aromatic carbocycles. The average molecular weight is 317 g/mol. The maximum absolute atomic E-state index is 10.5. The molecule has 21 heavy (non-hydrogen) atoms. The first kappa shape index (κ1) is 17.7. The fourth-order valence-corrected chi connectivity index (χ4v) is 2.35. The fourth-order valence-electron chi connectivity index (χ4n) is 2.35. The Labute approximate surface area is 130 Å². The number of hydrogen-bond acceptors (Lipinski definition) is 5. The van der Waals surface area contributed by atoms with Gasteiger partial charge in [-0.1, -0.05) is 12.8 Å². The Balaban J connectivity index is 0.00000220. The van der Waals surface area contributed by atoms with Gasteiger partial charge in [-0.2, -0.15) is 0 Å². The molecule has 1 aromatic rings. The average Bonchev–Trinajstić information content (AvgIpc) is 2.96. The molecule has 2 rings (SSSR count). The number of nitro benzene ring substituents is 1. The van der Waals surface area contributed by atoms with E-state index in [0.717, 1.165) is 0 Å². The van der Waals surface area contributed by atoms with Crippen LogP contribution < -0.4 is 10.1 Å². The van der Waals surface area contributed by atoms with E-state index in [-0.39, 0.29) is 24.7 Å². The monoisotopic (exact) mass is 316 g/mol. The summed E-state index contributed by atoms with van der Waals surface area (Å²) in [4.78, 5) is 10.1. The summed E-state index contributed by atoms with van der Waals surface area (Å²) in [6, 6.07) is 6.37. The second-order valence-electron chi connectivity index (χ2n) is 5.11. The van der Waals surface area contributed by atoms with Crippen LogP contribution in [0, 0.1) is 10.1 Å². The zero-order chi connectivity index (χ0) is 14.4. The van der Waals surface area contributed by atoms with E-state index in [1.807, 2.05) is 0 Å². The van der Waals surface area contributed by atoms with Crippen LogP contribution in [0.1, 0.15) is 25.7 Å². The van der Waals surface area contributed by atoms with E-state index in [4.69, 9.17) is 4.74 Å². The molecule has 0 amide bonds. The summed E-state index contributed by atoms with van der Waals surface area (Å²) < 4.78 is 5.41. The van der Waals surface area contributed by atoms with Gasteiger partial charge in [0.05, 0.1) is 4.92 Å². The van der Waals surface area contributed by atoms with Gasteiger partial charge in [0, 0.05) is 24.7 Å². The van der Waals surface area contributed by atoms with Crippen LogP contribution in [-0.2, 0) is 0 Å². The molecule has 0 spiro atoms. The van der Waals surface area contributed by atoms with Crippen molar-refractivity contribution in [2.45, 2.75) is 37.8 Å². The minimum Gasteiger partial charge on any atom is -0.491 e. The molecule has 7 heteroatoms. The fraction of sp³-hybridized carbons (Fsp3) is 0.571. The van der Waals surface area contributed by atoms with Gasteiger partial charge in [-0.25, -0.2) is 0 Å². The lowest BCUT2D eigenvalue weighted by Gasteiger charge is -2.16. The van der Waals surface area contributed by atoms with Crippen LogP contribution in [0.3, 0.4) is 0 Å². The molecule has 6 nitrogen and oxygen atoms in total. The Morgan fingerprint density at radius 3 is 2.52 bits per heavy atom. The molecule has 1 unspecified atom stereocenters. The molecular weight excluding hydrogens is 296 g/mol. The number of nitro groups is 1. The summed E-state index contributed by atoms with van der Waals surface area (Å²) >= 11 is 0. The number of aliphatic hydroxyl groups is 1. The molecule has 1 aliphatic rings. The highest BCUT2D eigenvalue weighted by Gasteiger charge is 2.15. The normalized spacial score (nSPS) is 16.2. The number of non-ortho nitro benzene ring substituents is 1. The lowest BCUT2D eigenvalue weighted by Crippen LogP contribution is -2.36. The van der Waals surface area contributed by atoms with Crippen molar-refractivity contribution in [2.75, 3.05) is 13.2 Å². The van der Waals surface area contributed by atoms with Gasteiger partial charge in [0.25, 0.3) is 5.69 Å². The first-order chi connectivity index (χ1) is 9.65. The van der Waals surface area contributed by atoms with Gasteiger partial charge < -0.3 is 15.2 Å². The van der Waals surface area contributed by atoms with Gasteiger partial charge in [0.1, 0.15) is 18.5 Å². The van der Waals surface area contributed by atoms with Crippen molar-refractivity contribution in [1.82, 2.24) is 5.32 Å². The maximum atomic E-state index is 10.5. The van der Waals surface area contributed by atoms with E-state index in [0.29, 0.717) is 18.3 Å². The van der Waals surface area contributed by atoms with Crippen molar-refractivity contribution in [3.63, 3.8) is 0 Å². The zero-order valence-electron chi connectivity index (χ0n) is 11.7. The smallest absolute Gasteiger partial charge is 0.269 e. The van der Waals surface area contributed by atoms with Crippen LogP contribution in [0.2, 0.25) is 0 Å². The summed E-state index contributed by atoms with van der Waals surface area (Å²) in [5, 5.41) is 23.6. The summed E-state index contributed by atoms with van der Waals surface area (Å²) in [6.45, 7) is 0.690. The molecule has 118 valence electrons. The molecular formula is C14H21ClN2O4. The molecule has 0 aromatic heterocycles. The predicted molar refractivity (Wildman–Crippen MR) is 82.1 cm³/mol. The Morgan fingerprint density at radius 2 is 1.95 bits per heavy atom. The molecule has 0 aliphatic heterocycles. The van der Waals surface area contributed by atoms with E-state index in [9.17, 15) is 15.2 Å². The maximum Gasteiger partial charge on any atom is 0.269 e. The largest absolute Gasteiger partial charge is 0.491 e. The van der Waals surface area contributed by atoms with E-state index < -0.39 is 11.0 Å². The van der Waals surface area contributed by atoms with E-state index in [2.05, 4.69) is 5.32 Å².